The second-order valence-electron chi connectivity index (χ2n) is 5.95. The zero-order valence-corrected chi connectivity index (χ0v) is 17.9. The molecule has 0 aliphatic carbocycles. The van der Waals surface area contributed by atoms with Gasteiger partial charge in [0.1, 0.15) is 4.88 Å². The van der Waals surface area contributed by atoms with Crippen LogP contribution in [-0.4, -0.2) is 32.2 Å². The van der Waals surface area contributed by atoms with Crippen LogP contribution in [-0.2, 0) is 0 Å². The van der Waals surface area contributed by atoms with E-state index in [9.17, 15) is 4.79 Å². The number of ether oxygens (including phenoxy) is 3. The van der Waals surface area contributed by atoms with E-state index in [1.807, 2.05) is 19.1 Å². The molecule has 0 atom stereocenters. The number of anilines is 3. The minimum atomic E-state index is -0.281. The second-order valence-corrected chi connectivity index (χ2v) is 7.39. The van der Waals surface area contributed by atoms with Gasteiger partial charge < -0.3 is 24.8 Å². The Hall–Kier alpha value is -2.97. The summed E-state index contributed by atoms with van der Waals surface area (Å²) in [5.74, 6) is 1.24. The molecule has 0 spiro atoms. The average molecular weight is 434 g/mol. The van der Waals surface area contributed by atoms with Crippen molar-refractivity contribution in [2.75, 3.05) is 32.0 Å². The van der Waals surface area contributed by atoms with Crippen LogP contribution in [0.25, 0.3) is 0 Å². The second kappa shape index (κ2) is 9.02. The standard InChI is InChI=1S/C20H20ClN3O4S/c1-11-6-5-7-13(21)17(11)24-19(25)16-10-22-20(29-16)23-12-8-14(26-2)18(28-4)15(9-12)27-3/h5-10H,1-4H3,(H,22,23)(H,24,25). The zero-order valence-electron chi connectivity index (χ0n) is 16.3. The first kappa shape index (κ1) is 20.8. The predicted molar refractivity (Wildman–Crippen MR) is 116 cm³/mol. The van der Waals surface area contributed by atoms with E-state index in [0.717, 1.165) is 5.56 Å². The highest BCUT2D eigenvalue weighted by molar-refractivity contribution is 7.17. The number of hydrogen-bond acceptors (Lipinski definition) is 7. The minimum Gasteiger partial charge on any atom is -0.493 e. The number of aromatic nitrogens is 1. The number of thiazole rings is 1. The lowest BCUT2D eigenvalue weighted by Gasteiger charge is -2.14. The van der Waals surface area contributed by atoms with Gasteiger partial charge in [0, 0.05) is 17.8 Å². The van der Waals surface area contributed by atoms with Crippen molar-refractivity contribution in [1.82, 2.24) is 4.98 Å². The quantitative estimate of drug-likeness (QED) is 0.537. The molecule has 0 saturated carbocycles. The van der Waals surface area contributed by atoms with Crippen LogP contribution in [0.3, 0.4) is 0 Å². The lowest BCUT2D eigenvalue weighted by molar-refractivity contribution is 0.103. The van der Waals surface area contributed by atoms with E-state index >= 15 is 0 Å². The summed E-state index contributed by atoms with van der Waals surface area (Å²) in [6.07, 6.45) is 1.51. The monoisotopic (exact) mass is 433 g/mol. The molecule has 9 heteroatoms. The molecule has 0 aliphatic heterocycles. The van der Waals surface area contributed by atoms with Crippen LogP contribution in [0.1, 0.15) is 15.2 Å². The number of methoxy groups -OCH3 is 3. The number of hydrogen-bond donors (Lipinski definition) is 2. The summed E-state index contributed by atoms with van der Waals surface area (Å²) in [6, 6.07) is 8.96. The number of rotatable bonds is 7. The van der Waals surface area contributed by atoms with Gasteiger partial charge in [0.15, 0.2) is 16.6 Å². The van der Waals surface area contributed by atoms with Crippen molar-refractivity contribution >= 4 is 45.4 Å². The molecular formula is C20H20ClN3O4S. The van der Waals surface area contributed by atoms with E-state index in [1.54, 1.807) is 39.5 Å². The maximum atomic E-state index is 12.6. The molecule has 1 heterocycles. The third-order valence-corrected chi connectivity index (χ3v) is 5.33. The van der Waals surface area contributed by atoms with Crippen LogP contribution in [0.2, 0.25) is 5.02 Å². The number of nitrogens with one attached hydrogen (secondary N) is 2. The van der Waals surface area contributed by atoms with Crippen LogP contribution >= 0.6 is 22.9 Å². The van der Waals surface area contributed by atoms with E-state index in [1.165, 1.54) is 17.5 Å². The number of nitrogens with zero attached hydrogens (tertiary/aromatic N) is 1. The summed E-state index contributed by atoms with van der Waals surface area (Å²) in [5.41, 5.74) is 2.15. The molecule has 3 aromatic rings. The highest BCUT2D eigenvalue weighted by Gasteiger charge is 2.16. The van der Waals surface area contributed by atoms with E-state index < -0.39 is 0 Å². The Kier molecular flexibility index (Phi) is 6.46. The largest absolute Gasteiger partial charge is 0.493 e. The molecule has 152 valence electrons. The van der Waals surface area contributed by atoms with Gasteiger partial charge in [0.25, 0.3) is 5.91 Å². The molecular weight excluding hydrogens is 414 g/mol. The summed E-state index contributed by atoms with van der Waals surface area (Å²) in [6.45, 7) is 1.88. The molecule has 0 saturated heterocycles. The molecule has 3 rings (SSSR count). The van der Waals surface area contributed by atoms with E-state index in [-0.39, 0.29) is 5.91 Å². The molecule has 0 bridgehead atoms. The van der Waals surface area contributed by atoms with Crippen molar-refractivity contribution in [1.29, 1.82) is 0 Å². The molecule has 2 aromatic carbocycles. The zero-order chi connectivity index (χ0) is 21.0. The normalized spacial score (nSPS) is 10.4. The van der Waals surface area contributed by atoms with Crippen molar-refractivity contribution in [2.24, 2.45) is 0 Å². The Balaban J connectivity index is 1.79. The van der Waals surface area contributed by atoms with Crippen LogP contribution < -0.4 is 24.8 Å². The number of para-hydroxylation sites is 1. The SMILES string of the molecule is COc1cc(Nc2ncc(C(=O)Nc3c(C)cccc3Cl)s2)cc(OC)c1OC. The van der Waals surface area contributed by atoms with Gasteiger partial charge in [0.2, 0.25) is 5.75 Å². The Morgan fingerprint density at radius 3 is 2.38 bits per heavy atom. The summed E-state index contributed by atoms with van der Waals surface area (Å²) in [7, 11) is 4.63. The molecule has 0 fully saturated rings. The average Bonchev–Trinajstić information content (AvgIpc) is 3.18. The van der Waals surface area contributed by atoms with Gasteiger partial charge in [-0.15, -0.1) is 0 Å². The van der Waals surface area contributed by atoms with Crippen molar-refractivity contribution in [3.8, 4) is 17.2 Å². The van der Waals surface area contributed by atoms with Crippen molar-refractivity contribution in [3.05, 3.63) is 52.0 Å². The van der Waals surface area contributed by atoms with Gasteiger partial charge in [0.05, 0.1) is 38.2 Å². The van der Waals surface area contributed by atoms with Crippen molar-refractivity contribution in [2.45, 2.75) is 6.92 Å². The first-order valence-corrected chi connectivity index (χ1v) is 9.75. The Bertz CT molecular complexity index is 993. The van der Waals surface area contributed by atoms with Crippen LogP contribution in [0.4, 0.5) is 16.5 Å². The highest BCUT2D eigenvalue weighted by atomic mass is 35.5. The van der Waals surface area contributed by atoms with Gasteiger partial charge in [-0.1, -0.05) is 35.1 Å². The Labute approximate surface area is 177 Å². The molecule has 0 unspecified atom stereocenters. The predicted octanol–water partition coefficient (Wildman–Crippen LogP) is 5.13. The van der Waals surface area contributed by atoms with E-state index in [4.69, 9.17) is 25.8 Å². The molecule has 29 heavy (non-hydrogen) atoms. The number of benzene rings is 2. The van der Waals surface area contributed by atoms with Crippen LogP contribution in [0, 0.1) is 6.92 Å². The van der Waals surface area contributed by atoms with Crippen LogP contribution in [0.5, 0.6) is 17.2 Å². The smallest absolute Gasteiger partial charge is 0.267 e. The lowest BCUT2D eigenvalue weighted by atomic mass is 10.2. The molecule has 0 radical (unpaired) electrons. The summed E-state index contributed by atoms with van der Waals surface area (Å²) >= 11 is 7.40. The maximum Gasteiger partial charge on any atom is 0.267 e. The number of carbonyl (C=O) groups is 1. The first-order valence-electron chi connectivity index (χ1n) is 8.56. The molecule has 2 N–H and O–H groups in total. The van der Waals surface area contributed by atoms with Gasteiger partial charge in [-0.25, -0.2) is 4.98 Å². The van der Waals surface area contributed by atoms with E-state index in [0.29, 0.717) is 43.7 Å². The third-order valence-electron chi connectivity index (χ3n) is 4.11. The minimum absolute atomic E-state index is 0.281. The van der Waals surface area contributed by atoms with E-state index in [2.05, 4.69) is 15.6 Å². The lowest BCUT2D eigenvalue weighted by Crippen LogP contribution is -2.11. The molecule has 1 aromatic heterocycles. The van der Waals surface area contributed by atoms with Gasteiger partial charge in [-0.2, -0.15) is 0 Å². The fraction of sp³-hybridized carbons (Fsp3) is 0.200. The topological polar surface area (TPSA) is 81.7 Å². The first-order chi connectivity index (χ1) is 14.0. The van der Waals surface area contributed by atoms with Gasteiger partial charge >= 0.3 is 0 Å². The highest BCUT2D eigenvalue weighted by Crippen LogP contribution is 2.41. The molecule has 0 aliphatic rings. The van der Waals surface area contributed by atoms with Crippen LogP contribution in [0.15, 0.2) is 36.5 Å². The fourth-order valence-electron chi connectivity index (χ4n) is 2.68. The number of halogens is 1. The summed E-state index contributed by atoms with van der Waals surface area (Å²) in [4.78, 5) is 17.3. The van der Waals surface area contributed by atoms with Crippen molar-refractivity contribution in [3.63, 3.8) is 0 Å². The third kappa shape index (κ3) is 4.55. The number of carbonyl (C=O) groups excluding carboxylic acids is 1. The van der Waals surface area contributed by atoms with Gasteiger partial charge in [-0.05, 0) is 18.6 Å². The van der Waals surface area contributed by atoms with Gasteiger partial charge in [-0.3, -0.25) is 4.79 Å². The molecule has 1 amide bonds. The Morgan fingerprint density at radius 1 is 1.10 bits per heavy atom. The fourth-order valence-corrected chi connectivity index (χ4v) is 3.68. The summed E-state index contributed by atoms with van der Waals surface area (Å²) in [5, 5.41) is 7.02. The summed E-state index contributed by atoms with van der Waals surface area (Å²) < 4.78 is 16.0. The van der Waals surface area contributed by atoms with Crippen molar-refractivity contribution < 1.29 is 19.0 Å². The number of aryl methyl sites for hydroxylation is 1. The maximum absolute atomic E-state index is 12.6. The molecule has 7 nitrogen and oxygen atoms in total. The Morgan fingerprint density at radius 2 is 1.79 bits per heavy atom. The number of amides is 1.